The van der Waals surface area contributed by atoms with Gasteiger partial charge < -0.3 is 0 Å². The Morgan fingerprint density at radius 3 is 2.45 bits per heavy atom. The van der Waals surface area contributed by atoms with Gasteiger partial charge in [0.15, 0.2) is 0 Å². The summed E-state index contributed by atoms with van der Waals surface area (Å²) in [5.41, 5.74) is 3.94. The molecule has 0 aromatic carbocycles. The highest BCUT2D eigenvalue weighted by molar-refractivity contribution is 8.01. The van der Waals surface area contributed by atoms with E-state index in [0.29, 0.717) is 17.8 Å². The first kappa shape index (κ1) is 22.2. The molecule has 0 saturated carbocycles. The van der Waals surface area contributed by atoms with Crippen LogP contribution in [0.3, 0.4) is 0 Å². The maximum Gasteiger partial charge on any atom is 0.0608 e. The third-order valence-electron chi connectivity index (χ3n) is 5.49. The Hall–Kier alpha value is -1.53. The number of thioether (sulfide) groups is 1. The van der Waals surface area contributed by atoms with E-state index in [1.165, 1.54) is 32.3 Å². The van der Waals surface area contributed by atoms with Crippen molar-refractivity contribution in [1.29, 1.82) is 0 Å². The van der Waals surface area contributed by atoms with Gasteiger partial charge in [-0.25, -0.2) is 0 Å². The second kappa shape index (κ2) is 9.98. The summed E-state index contributed by atoms with van der Waals surface area (Å²) in [6.45, 7) is 15.1. The van der Waals surface area contributed by atoms with Gasteiger partial charge in [0, 0.05) is 16.8 Å². The molecular formula is C23H34N4S2. The minimum atomic E-state index is 0.518. The van der Waals surface area contributed by atoms with Crippen molar-refractivity contribution in [2.75, 3.05) is 5.75 Å². The Labute approximate surface area is 183 Å². The van der Waals surface area contributed by atoms with E-state index < -0.39 is 0 Å². The van der Waals surface area contributed by atoms with E-state index in [1.54, 1.807) is 0 Å². The van der Waals surface area contributed by atoms with E-state index >= 15 is 0 Å². The van der Waals surface area contributed by atoms with Gasteiger partial charge in [0.05, 0.1) is 29.7 Å². The molecule has 158 valence electrons. The smallest absolute Gasteiger partial charge is 0.0608 e. The second-order valence-electron chi connectivity index (χ2n) is 8.45. The average Bonchev–Trinajstić information content (AvgIpc) is 3.39. The molecule has 0 aliphatic heterocycles. The first-order valence-corrected chi connectivity index (χ1v) is 12.4. The van der Waals surface area contributed by atoms with Gasteiger partial charge >= 0.3 is 0 Å². The van der Waals surface area contributed by atoms with E-state index in [-0.39, 0.29) is 0 Å². The lowest BCUT2D eigenvalue weighted by Crippen LogP contribution is -2.10. The number of aryl methyl sites for hydroxylation is 2. The van der Waals surface area contributed by atoms with Crippen LogP contribution < -0.4 is 0 Å². The monoisotopic (exact) mass is 430 g/mol. The van der Waals surface area contributed by atoms with Gasteiger partial charge in [-0.1, -0.05) is 34.6 Å². The summed E-state index contributed by atoms with van der Waals surface area (Å²) in [5.74, 6) is 2.82. The van der Waals surface area contributed by atoms with Crippen molar-refractivity contribution < 1.29 is 0 Å². The Bertz CT molecular complexity index is 904. The molecule has 0 bridgehead atoms. The van der Waals surface area contributed by atoms with Crippen LogP contribution in [0, 0.1) is 6.92 Å². The standard InChI is InChI=1S/C23H34N4S2/c1-16(2)21-14-25-27(19(21)6)11-10-26-15-20(13-24-26)18(5)9-12-28-23-8-7-22(29-23)17(3)4/h7-8,13-18H,9-12H2,1-6H3. The summed E-state index contributed by atoms with van der Waals surface area (Å²) >= 11 is 3.92. The van der Waals surface area contributed by atoms with Crippen molar-refractivity contribution in [3.8, 4) is 0 Å². The van der Waals surface area contributed by atoms with Crippen LogP contribution in [0.15, 0.2) is 34.9 Å². The molecule has 4 nitrogen and oxygen atoms in total. The van der Waals surface area contributed by atoms with Crippen molar-refractivity contribution >= 4 is 23.1 Å². The molecule has 0 N–H and O–H groups in total. The average molecular weight is 431 g/mol. The van der Waals surface area contributed by atoms with Crippen molar-refractivity contribution in [3.05, 3.63) is 52.4 Å². The van der Waals surface area contributed by atoms with E-state index in [4.69, 9.17) is 0 Å². The molecule has 0 spiro atoms. The molecule has 0 radical (unpaired) electrons. The van der Waals surface area contributed by atoms with Crippen molar-refractivity contribution in [1.82, 2.24) is 19.6 Å². The van der Waals surface area contributed by atoms with Crippen molar-refractivity contribution in [2.24, 2.45) is 0 Å². The summed E-state index contributed by atoms with van der Waals surface area (Å²) < 4.78 is 5.60. The van der Waals surface area contributed by atoms with Crippen LogP contribution in [-0.4, -0.2) is 25.3 Å². The summed E-state index contributed by atoms with van der Waals surface area (Å²) in [4.78, 5) is 1.48. The SMILES string of the molecule is Cc1c(C(C)C)cnn1CCn1cc(C(C)CCSc2ccc(C(C)C)s2)cn1. The van der Waals surface area contributed by atoms with Crippen molar-refractivity contribution in [3.63, 3.8) is 0 Å². The fourth-order valence-electron chi connectivity index (χ4n) is 3.43. The fraction of sp³-hybridized carbons (Fsp3) is 0.565. The first-order chi connectivity index (χ1) is 13.8. The lowest BCUT2D eigenvalue weighted by atomic mass is 10.0. The number of nitrogens with zero attached hydrogens (tertiary/aromatic N) is 4. The van der Waals surface area contributed by atoms with Crippen LogP contribution in [0.1, 0.15) is 80.5 Å². The van der Waals surface area contributed by atoms with Gasteiger partial charge in [-0.2, -0.15) is 10.2 Å². The largest absolute Gasteiger partial charge is 0.271 e. The molecule has 0 aliphatic rings. The van der Waals surface area contributed by atoms with Crippen molar-refractivity contribution in [2.45, 2.75) is 83.0 Å². The van der Waals surface area contributed by atoms with E-state index in [1.807, 2.05) is 35.5 Å². The predicted molar refractivity (Wildman–Crippen MR) is 125 cm³/mol. The molecule has 3 rings (SSSR count). The highest BCUT2D eigenvalue weighted by Crippen LogP contribution is 2.33. The Balaban J connectivity index is 1.47. The highest BCUT2D eigenvalue weighted by atomic mass is 32.2. The van der Waals surface area contributed by atoms with Gasteiger partial charge in [-0.3, -0.25) is 9.36 Å². The van der Waals surface area contributed by atoms with E-state index in [2.05, 4.69) is 79.4 Å². The van der Waals surface area contributed by atoms with Gasteiger partial charge in [-0.15, -0.1) is 23.1 Å². The van der Waals surface area contributed by atoms with E-state index in [9.17, 15) is 0 Å². The molecular weight excluding hydrogens is 396 g/mol. The number of hydrogen-bond donors (Lipinski definition) is 0. The van der Waals surface area contributed by atoms with Crippen LogP contribution in [0.5, 0.6) is 0 Å². The lowest BCUT2D eigenvalue weighted by Gasteiger charge is -2.09. The molecule has 3 heterocycles. The van der Waals surface area contributed by atoms with Gasteiger partial charge in [0.2, 0.25) is 0 Å². The number of hydrogen-bond acceptors (Lipinski definition) is 4. The van der Waals surface area contributed by atoms with Crippen LogP contribution in [-0.2, 0) is 13.1 Å². The quantitative estimate of drug-likeness (QED) is 0.336. The third kappa shape index (κ3) is 5.76. The highest BCUT2D eigenvalue weighted by Gasteiger charge is 2.12. The summed E-state index contributed by atoms with van der Waals surface area (Å²) in [6, 6.07) is 4.55. The molecule has 29 heavy (non-hydrogen) atoms. The zero-order valence-electron chi connectivity index (χ0n) is 18.6. The summed E-state index contributed by atoms with van der Waals surface area (Å²) in [7, 11) is 0. The van der Waals surface area contributed by atoms with Crippen LogP contribution >= 0.6 is 23.1 Å². The Morgan fingerprint density at radius 2 is 1.79 bits per heavy atom. The van der Waals surface area contributed by atoms with Crippen LogP contribution in [0.2, 0.25) is 0 Å². The van der Waals surface area contributed by atoms with Crippen LogP contribution in [0.4, 0.5) is 0 Å². The maximum absolute atomic E-state index is 4.58. The summed E-state index contributed by atoms with van der Waals surface area (Å²) in [5, 5.41) is 9.13. The molecule has 0 aliphatic carbocycles. The molecule has 0 amide bonds. The normalized spacial score (nSPS) is 13.0. The second-order valence-corrected chi connectivity index (χ2v) is 11.0. The number of aromatic nitrogens is 4. The minimum Gasteiger partial charge on any atom is -0.271 e. The zero-order chi connectivity index (χ0) is 21.0. The van der Waals surface area contributed by atoms with Crippen LogP contribution in [0.25, 0.3) is 0 Å². The zero-order valence-corrected chi connectivity index (χ0v) is 20.2. The van der Waals surface area contributed by atoms with E-state index in [0.717, 1.165) is 18.8 Å². The van der Waals surface area contributed by atoms with Gasteiger partial charge in [-0.05, 0) is 60.1 Å². The molecule has 1 unspecified atom stereocenters. The number of thiophene rings is 1. The molecule has 3 aromatic heterocycles. The fourth-order valence-corrected chi connectivity index (χ4v) is 5.78. The molecule has 0 fully saturated rings. The number of rotatable bonds is 10. The molecule has 6 heteroatoms. The third-order valence-corrected chi connectivity index (χ3v) is 8.14. The summed E-state index contributed by atoms with van der Waals surface area (Å²) in [6.07, 6.45) is 7.42. The Kier molecular flexibility index (Phi) is 7.63. The molecule has 0 saturated heterocycles. The van der Waals surface area contributed by atoms with Gasteiger partial charge in [0.25, 0.3) is 0 Å². The lowest BCUT2D eigenvalue weighted by molar-refractivity contribution is 0.491. The Morgan fingerprint density at radius 1 is 1.00 bits per heavy atom. The topological polar surface area (TPSA) is 35.6 Å². The first-order valence-electron chi connectivity index (χ1n) is 10.6. The molecule has 1 atom stereocenters. The van der Waals surface area contributed by atoms with Gasteiger partial charge in [0.1, 0.15) is 0 Å². The minimum absolute atomic E-state index is 0.518. The maximum atomic E-state index is 4.58. The predicted octanol–water partition coefficient (Wildman–Crippen LogP) is 6.68. The molecule has 3 aromatic rings.